The number of pyridine rings is 1. The summed E-state index contributed by atoms with van der Waals surface area (Å²) in [4.78, 5) is 9.16. The molecule has 0 radical (unpaired) electrons. The Morgan fingerprint density at radius 1 is 1.09 bits per heavy atom. The molecule has 23 heavy (non-hydrogen) atoms. The van der Waals surface area contributed by atoms with Crippen molar-refractivity contribution in [2.24, 2.45) is 5.92 Å². The van der Waals surface area contributed by atoms with Gasteiger partial charge in [0, 0.05) is 38.6 Å². The van der Waals surface area contributed by atoms with Crippen LogP contribution in [0.5, 0.6) is 0 Å². The molecule has 1 aromatic carbocycles. The minimum absolute atomic E-state index is 0.807. The molecule has 0 spiro atoms. The van der Waals surface area contributed by atoms with Gasteiger partial charge in [-0.1, -0.05) is 30.3 Å². The van der Waals surface area contributed by atoms with E-state index in [1.807, 2.05) is 12.4 Å². The summed E-state index contributed by atoms with van der Waals surface area (Å²) < 4.78 is 0. The SMILES string of the molecule is CN(CCc1ccncc1)CC1CCN(Cc2ccccc2)C1. The maximum atomic E-state index is 4.08. The van der Waals surface area contributed by atoms with Gasteiger partial charge in [0.2, 0.25) is 0 Å². The first kappa shape index (κ1) is 16.2. The highest BCUT2D eigenvalue weighted by Crippen LogP contribution is 2.19. The Morgan fingerprint density at radius 2 is 1.87 bits per heavy atom. The van der Waals surface area contributed by atoms with E-state index in [-0.39, 0.29) is 0 Å². The largest absolute Gasteiger partial charge is 0.306 e. The van der Waals surface area contributed by atoms with Gasteiger partial charge in [-0.05, 0) is 55.6 Å². The molecule has 2 heterocycles. The van der Waals surface area contributed by atoms with E-state index in [4.69, 9.17) is 0 Å². The average Bonchev–Trinajstić information content (AvgIpc) is 3.02. The van der Waals surface area contributed by atoms with Crippen LogP contribution in [0.4, 0.5) is 0 Å². The van der Waals surface area contributed by atoms with Crippen LogP contribution in [-0.4, -0.2) is 48.0 Å². The molecule has 0 bridgehead atoms. The Kier molecular flexibility index (Phi) is 5.78. The van der Waals surface area contributed by atoms with E-state index in [1.165, 1.54) is 37.2 Å². The number of hydrogen-bond acceptors (Lipinski definition) is 3. The second-order valence-electron chi connectivity index (χ2n) is 6.74. The predicted molar refractivity (Wildman–Crippen MR) is 95.3 cm³/mol. The van der Waals surface area contributed by atoms with Crippen molar-refractivity contribution >= 4 is 0 Å². The van der Waals surface area contributed by atoms with Crippen LogP contribution in [0.25, 0.3) is 0 Å². The van der Waals surface area contributed by atoms with Crippen LogP contribution in [0.3, 0.4) is 0 Å². The minimum atomic E-state index is 0.807. The van der Waals surface area contributed by atoms with Crippen LogP contribution in [0.1, 0.15) is 17.5 Å². The highest BCUT2D eigenvalue weighted by Gasteiger charge is 2.23. The molecule has 0 N–H and O–H groups in total. The van der Waals surface area contributed by atoms with Crippen molar-refractivity contribution in [1.29, 1.82) is 0 Å². The number of rotatable bonds is 7. The zero-order valence-electron chi connectivity index (χ0n) is 14.1. The summed E-state index contributed by atoms with van der Waals surface area (Å²) in [5.41, 5.74) is 2.81. The third kappa shape index (κ3) is 5.15. The molecule has 0 saturated carbocycles. The number of nitrogens with zero attached hydrogens (tertiary/aromatic N) is 3. The Hall–Kier alpha value is -1.71. The van der Waals surface area contributed by atoms with Gasteiger partial charge in [-0.2, -0.15) is 0 Å². The van der Waals surface area contributed by atoms with Crippen LogP contribution in [-0.2, 0) is 13.0 Å². The van der Waals surface area contributed by atoms with Crippen molar-refractivity contribution in [1.82, 2.24) is 14.8 Å². The third-order valence-corrected chi connectivity index (χ3v) is 4.72. The van der Waals surface area contributed by atoms with Gasteiger partial charge in [-0.3, -0.25) is 9.88 Å². The van der Waals surface area contributed by atoms with E-state index in [0.717, 1.165) is 25.4 Å². The van der Waals surface area contributed by atoms with Crippen molar-refractivity contribution < 1.29 is 0 Å². The first-order valence-electron chi connectivity index (χ1n) is 8.63. The first-order chi connectivity index (χ1) is 11.3. The van der Waals surface area contributed by atoms with E-state index in [0.29, 0.717) is 0 Å². The second kappa shape index (κ2) is 8.23. The lowest BCUT2D eigenvalue weighted by atomic mass is 10.1. The zero-order valence-corrected chi connectivity index (χ0v) is 14.1. The fraction of sp³-hybridized carbons (Fsp3) is 0.450. The molecule has 1 atom stereocenters. The lowest BCUT2D eigenvalue weighted by Gasteiger charge is -2.21. The van der Waals surface area contributed by atoms with E-state index < -0.39 is 0 Å². The van der Waals surface area contributed by atoms with Crippen molar-refractivity contribution in [2.75, 3.05) is 33.2 Å². The van der Waals surface area contributed by atoms with Crippen LogP contribution in [0, 0.1) is 5.92 Å². The molecule has 3 nitrogen and oxygen atoms in total. The van der Waals surface area contributed by atoms with Crippen LogP contribution in [0.2, 0.25) is 0 Å². The molecule has 2 aromatic rings. The van der Waals surface area contributed by atoms with Crippen LogP contribution in [0.15, 0.2) is 54.9 Å². The lowest BCUT2D eigenvalue weighted by molar-refractivity contribution is 0.262. The summed E-state index contributed by atoms with van der Waals surface area (Å²) in [6, 6.07) is 15.1. The van der Waals surface area contributed by atoms with Gasteiger partial charge in [0.05, 0.1) is 0 Å². The molecule has 1 saturated heterocycles. The van der Waals surface area contributed by atoms with Gasteiger partial charge in [-0.25, -0.2) is 0 Å². The molecule has 3 rings (SSSR count). The molecular formula is C20H27N3. The Bertz CT molecular complexity index is 570. The molecule has 1 aliphatic heterocycles. The van der Waals surface area contributed by atoms with Crippen molar-refractivity contribution in [3.05, 3.63) is 66.0 Å². The fourth-order valence-electron chi connectivity index (χ4n) is 3.45. The van der Waals surface area contributed by atoms with E-state index in [9.17, 15) is 0 Å². The molecule has 122 valence electrons. The maximum Gasteiger partial charge on any atom is 0.0270 e. The smallest absolute Gasteiger partial charge is 0.0270 e. The average molecular weight is 309 g/mol. The molecule has 1 aliphatic rings. The van der Waals surface area contributed by atoms with E-state index in [2.05, 4.69) is 64.3 Å². The molecule has 1 unspecified atom stereocenters. The zero-order chi connectivity index (χ0) is 15.9. The van der Waals surface area contributed by atoms with Crippen molar-refractivity contribution in [3.63, 3.8) is 0 Å². The first-order valence-corrected chi connectivity index (χ1v) is 8.63. The van der Waals surface area contributed by atoms with Crippen molar-refractivity contribution in [3.8, 4) is 0 Å². The lowest BCUT2D eigenvalue weighted by Crippen LogP contribution is -2.29. The molecule has 0 aliphatic carbocycles. The highest BCUT2D eigenvalue weighted by molar-refractivity contribution is 5.14. The maximum absolute atomic E-state index is 4.08. The Balaban J connectivity index is 1.39. The van der Waals surface area contributed by atoms with Gasteiger partial charge in [0.25, 0.3) is 0 Å². The van der Waals surface area contributed by atoms with Gasteiger partial charge < -0.3 is 4.90 Å². The highest BCUT2D eigenvalue weighted by atomic mass is 15.2. The third-order valence-electron chi connectivity index (χ3n) is 4.72. The number of hydrogen-bond donors (Lipinski definition) is 0. The summed E-state index contributed by atoms with van der Waals surface area (Å²) in [6.07, 6.45) is 6.20. The quantitative estimate of drug-likeness (QED) is 0.783. The summed E-state index contributed by atoms with van der Waals surface area (Å²) in [5, 5.41) is 0. The topological polar surface area (TPSA) is 19.4 Å². The van der Waals surface area contributed by atoms with E-state index in [1.54, 1.807) is 0 Å². The van der Waals surface area contributed by atoms with Gasteiger partial charge >= 0.3 is 0 Å². The molecule has 3 heteroatoms. The van der Waals surface area contributed by atoms with E-state index >= 15 is 0 Å². The summed E-state index contributed by atoms with van der Waals surface area (Å²) in [6.45, 7) is 5.89. The standard InChI is InChI=1S/C20H27N3/c1-22(13-9-18-7-11-21-12-8-18)15-20-10-14-23(17-20)16-19-5-3-2-4-6-19/h2-8,11-12,20H,9-10,13-17H2,1H3. The van der Waals surface area contributed by atoms with Gasteiger partial charge in [0.1, 0.15) is 0 Å². The Morgan fingerprint density at radius 3 is 2.65 bits per heavy atom. The minimum Gasteiger partial charge on any atom is -0.306 e. The van der Waals surface area contributed by atoms with Gasteiger partial charge in [0.15, 0.2) is 0 Å². The number of likely N-dealkylation sites (tertiary alicyclic amines) is 1. The molecule has 1 fully saturated rings. The normalized spacial score (nSPS) is 18.6. The Labute approximate surface area is 140 Å². The summed E-state index contributed by atoms with van der Waals surface area (Å²) >= 11 is 0. The predicted octanol–water partition coefficient (Wildman–Crippen LogP) is 3.08. The number of benzene rings is 1. The van der Waals surface area contributed by atoms with Crippen molar-refractivity contribution in [2.45, 2.75) is 19.4 Å². The van der Waals surface area contributed by atoms with Crippen LogP contribution >= 0.6 is 0 Å². The number of aromatic nitrogens is 1. The molecule has 0 amide bonds. The number of likely N-dealkylation sites (N-methyl/N-ethyl adjacent to an activating group) is 1. The summed E-state index contributed by atoms with van der Waals surface area (Å²) in [5.74, 6) is 0.807. The monoisotopic (exact) mass is 309 g/mol. The second-order valence-corrected chi connectivity index (χ2v) is 6.74. The van der Waals surface area contributed by atoms with Gasteiger partial charge in [-0.15, -0.1) is 0 Å². The van der Waals surface area contributed by atoms with Crippen LogP contribution < -0.4 is 0 Å². The molecule has 1 aromatic heterocycles. The fourth-order valence-corrected chi connectivity index (χ4v) is 3.45. The summed E-state index contributed by atoms with van der Waals surface area (Å²) in [7, 11) is 2.25. The molecular weight excluding hydrogens is 282 g/mol.